The molecule has 0 unspecified atom stereocenters. The number of fused-ring (bicyclic) bond motifs is 1. The van der Waals surface area contributed by atoms with Gasteiger partial charge in [0.25, 0.3) is 5.91 Å². The first-order chi connectivity index (χ1) is 14.7. The van der Waals surface area contributed by atoms with Gasteiger partial charge in [0.05, 0.1) is 18.4 Å². The Bertz CT molecular complexity index is 1040. The molecule has 0 N–H and O–H groups in total. The van der Waals surface area contributed by atoms with Crippen LogP contribution in [0.3, 0.4) is 0 Å². The number of ether oxygens (including phenoxy) is 1. The number of hydrogen-bond acceptors (Lipinski definition) is 5. The van der Waals surface area contributed by atoms with Crippen molar-refractivity contribution in [2.45, 2.75) is 6.04 Å². The van der Waals surface area contributed by atoms with Crippen molar-refractivity contribution < 1.29 is 9.53 Å². The molecular weight excluding hydrogens is 414 g/mol. The molecule has 0 spiro atoms. The molecule has 7 nitrogen and oxygen atoms in total. The summed E-state index contributed by atoms with van der Waals surface area (Å²) in [5.74, 6) is 1.82. The van der Waals surface area contributed by atoms with Gasteiger partial charge in [-0.1, -0.05) is 24.3 Å². The van der Waals surface area contributed by atoms with E-state index in [-0.39, 0.29) is 18.3 Å². The average molecular weight is 440 g/mol. The highest BCUT2D eigenvalue weighted by Crippen LogP contribution is 2.44. The first-order valence-corrected chi connectivity index (χ1v) is 10.2. The molecule has 2 aliphatic rings. The first-order valence-electron chi connectivity index (χ1n) is 10.2. The number of nitrogens with zero attached hydrogens (tertiary/aromatic N) is 5. The Morgan fingerprint density at radius 3 is 2.55 bits per heavy atom. The van der Waals surface area contributed by atoms with Gasteiger partial charge in [-0.3, -0.25) is 9.69 Å². The maximum Gasteiger partial charge on any atom is 0.256 e. The summed E-state index contributed by atoms with van der Waals surface area (Å²) in [4.78, 5) is 21.9. The number of hydrogen-bond donors (Lipinski definition) is 0. The summed E-state index contributed by atoms with van der Waals surface area (Å²) in [6.07, 6.45) is 3.11. The van der Waals surface area contributed by atoms with Gasteiger partial charge in [0.1, 0.15) is 18.4 Å². The van der Waals surface area contributed by atoms with Crippen molar-refractivity contribution in [1.82, 2.24) is 24.6 Å². The molecule has 5 rings (SSSR count). The number of methoxy groups -OCH3 is 1. The smallest absolute Gasteiger partial charge is 0.256 e. The van der Waals surface area contributed by atoms with Crippen molar-refractivity contribution in [3.05, 3.63) is 72.3 Å². The lowest BCUT2D eigenvalue weighted by Gasteiger charge is -2.27. The maximum atomic E-state index is 13.4. The van der Waals surface area contributed by atoms with Crippen LogP contribution in [-0.4, -0.2) is 64.3 Å². The van der Waals surface area contributed by atoms with E-state index in [1.165, 1.54) is 11.9 Å². The standard InChI is InChI=1S/C23H25N5O2.ClH/c1-26-11-17-12-27(13-20(17)22(26)16-7-9-18(30-2)10-8-16)23(29)19-5-3-4-6-21(19)28-15-24-14-25-28;/h3-10,14-15,17,20,22H,11-13H2,1-2H3;1H/t17-,20+,22-;/m0./s1. The van der Waals surface area contributed by atoms with Crippen molar-refractivity contribution in [2.75, 3.05) is 33.8 Å². The summed E-state index contributed by atoms with van der Waals surface area (Å²) in [5.41, 5.74) is 2.71. The minimum atomic E-state index is 0. The van der Waals surface area contributed by atoms with Crippen LogP contribution in [0.5, 0.6) is 5.75 Å². The normalized spacial score (nSPS) is 22.8. The zero-order valence-electron chi connectivity index (χ0n) is 17.6. The Morgan fingerprint density at radius 2 is 1.84 bits per heavy atom. The van der Waals surface area contributed by atoms with Crippen molar-refractivity contribution in [1.29, 1.82) is 0 Å². The van der Waals surface area contributed by atoms with Crippen LogP contribution in [0.15, 0.2) is 61.2 Å². The fourth-order valence-electron chi connectivity index (χ4n) is 5.08. The van der Waals surface area contributed by atoms with E-state index in [0.29, 0.717) is 23.4 Å². The van der Waals surface area contributed by atoms with Crippen LogP contribution in [0.25, 0.3) is 5.69 Å². The van der Waals surface area contributed by atoms with Gasteiger partial charge in [-0.05, 0) is 42.8 Å². The van der Waals surface area contributed by atoms with Gasteiger partial charge in [-0.15, -0.1) is 12.4 Å². The number of benzene rings is 2. The van der Waals surface area contributed by atoms with Gasteiger partial charge in [0.15, 0.2) is 0 Å². The highest BCUT2D eigenvalue weighted by Gasteiger charge is 2.47. The van der Waals surface area contributed by atoms with Crippen LogP contribution in [0.1, 0.15) is 22.0 Å². The van der Waals surface area contributed by atoms with Crippen LogP contribution >= 0.6 is 12.4 Å². The molecule has 2 fully saturated rings. The van der Waals surface area contributed by atoms with Crippen LogP contribution in [0, 0.1) is 11.8 Å². The van der Waals surface area contributed by atoms with E-state index < -0.39 is 0 Å². The molecule has 3 atom stereocenters. The molecule has 31 heavy (non-hydrogen) atoms. The van der Waals surface area contributed by atoms with Gasteiger partial charge < -0.3 is 9.64 Å². The molecular formula is C23H26ClN5O2. The molecule has 2 aliphatic heterocycles. The topological polar surface area (TPSA) is 63.5 Å². The largest absolute Gasteiger partial charge is 0.497 e. The second kappa shape index (κ2) is 8.69. The van der Waals surface area contributed by atoms with E-state index in [4.69, 9.17) is 4.74 Å². The van der Waals surface area contributed by atoms with E-state index in [9.17, 15) is 4.79 Å². The van der Waals surface area contributed by atoms with Gasteiger partial charge >= 0.3 is 0 Å². The first kappa shape index (κ1) is 21.3. The molecule has 8 heteroatoms. The summed E-state index contributed by atoms with van der Waals surface area (Å²) in [7, 11) is 3.86. The highest BCUT2D eigenvalue weighted by molar-refractivity contribution is 5.98. The molecule has 3 heterocycles. The molecule has 0 saturated carbocycles. The Morgan fingerprint density at radius 1 is 1.06 bits per heavy atom. The summed E-state index contributed by atoms with van der Waals surface area (Å²) in [5, 5.41) is 4.21. The summed E-state index contributed by atoms with van der Waals surface area (Å²) in [6.45, 7) is 2.54. The second-order valence-electron chi connectivity index (χ2n) is 8.15. The molecule has 0 radical (unpaired) electrons. The Balaban J connectivity index is 0.00000231. The lowest BCUT2D eigenvalue weighted by molar-refractivity contribution is 0.0767. The zero-order chi connectivity index (χ0) is 20.7. The second-order valence-corrected chi connectivity index (χ2v) is 8.15. The van der Waals surface area contributed by atoms with Gasteiger partial charge in [-0.2, -0.15) is 5.10 Å². The highest BCUT2D eigenvalue weighted by atomic mass is 35.5. The predicted molar refractivity (Wildman–Crippen MR) is 120 cm³/mol. The van der Waals surface area contributed by atoms with E-state index in [2.05, 4.69) is 34.2 Å². The van der Waals surface area contributed by atoms with Gasteiger partial charge in [-0.25, -0.2) is 9.67 Å². The summed E-state index contributed by atoms with van der Waals surface area (Å²) in [6, 6.07) is 16.2. The number of aromatic nitrogens is 3. The third kappa shape index (κ3) is 3.79. The molecule has 162 valence electrons. The molecule has 1 amide bonds. The minimum Gasteiger partial charge on any atom is -0.497 e. The average Bonchev–Trinajstić information content (AvgIpc) is 3.50. The number of likely N-dealkylation sites (tertiary alicyclic amines) is 2. The molecule has 3 aromatic rings. The van der Waals surface area contributed by atoms with E-state index in [1.54, 1.807) is 18.1 Å². The van der Waals surface area contributed by atoms with Crippen LogP contribution in [-0.2, 0) is 0 Å². The number of carbonyl (C=O) groups excluding carboxylic acids is 1. The lowest BCUT2D eigenvalue weighted by atomic mass is 9.89. The molecule has 2 saturated heterocycles. The lowest BCUT2D eigenvalue weighted by Crippen LogP contribution is -2.34. The van der Waals surface area contributed by atoms with Crippen LogP contribution < -0.4 is 4.74 Å². The van der Waals surface area contributed by atoms with Crippen molar-refractivity contribution >= 4 is 18.3 Å². The predicted octanol–water partition coefficient (Wildman–Crippen LogP) is 3.07. The van der Waals surface area contributed by atoms with Crippen molar-refractivity contribution in [2.24, 2.45) is 11.8 Å². The van der Waals surface area contributed by atoms with Gasteiger partial charge in [0.2, 0.25) is 0 Å². The number of para-hydroxylation sites is 1. The van der Waals surface area contributed by atoms with Crippen LogP contribution in [0.2, 0.25) is 0 Å². The third-order valence-electron chi connectivity index (χ3n) is 6.44. The minimum absolute atomic E-state index is 0. The van der Waals surface area contributed by atoms with E-state index in [0.717, 1.165) is 31.1 Å². The zero-order valence-corrected chi connectivity index (χ0v) is 18.4. The number of rotatable bonds is 4. The number of halogens is 1. The van der Waals surface area contributed by atoms with Crippen molar-refractivity contribution in [3.63, 3.8) is 0 Å². The van der Waals surface area contributed by atoms with E-state index >= 15 is 0 Å². The summed E-state index contributed by atoms with van der Waals surface area (Å²) < 4.78 is 6.96. The number of amides is 1. The monoisotopic (exact) mass is 439 g/mol. The molecule has 0 aliphatic carbocycles. The fourth-order valence-corrected chi connectivity index (χ4v) is 5.08. The third-order valence-corrected chi connectivity index (χ3v) is 6.44. The number of carbonyl (C=O) groups is 1. The van der Waals surface area contributed by atoms with E-state index in [1.807, 2.05) is 41.3 Å². The van der Waals surface area contributed by atoms with Crippen molar-refractivity contribution in [3.8, 4) is 11.4 Å². The summed E-state index contributed by atoms with van der Waals surface area (Å²) >= 11 is 0. The molecule has 2 aromatic carbocycles. The Labute approximate surface area is 188 Å². The quantitative estimate of drug-likeness (QED) is 0.625. The van der Waals surface area contributed by atoms with Gasteiger partial charge in [0, 0.05) is 31.6 Å². The Hall–Kier alpha value is -2.90. The maximum absolute atomic E-state index is 13.4. The fraction of sp³-hybridized carbons (Fsp3) is 0.348. The molecule has 0 bridgehead atoms. The molecule has 1 aromatic heterocycles. The van der Waals surface area contributed by atoms with Crippen LogP contribution in [0.4, 0.5) is 0 Å². The Kier molecular flexibility index (Phi) is 5.98. The SMILES string of the molecule is COc1ccc([C@H]2[C@@H]3CN(C(=O)c4ccccc4-n4cncn4)C[C@@H]3CN2C)cc1.Cl.